The van der Waals surface area contributed by atoms with Crippen molar-refractivity contribution in [1.29, 1.82) is 0 Å². The first-order valence-electron chi connectivity index (χ1n) is 5.51. The largest absolute Gasteiger partial charge is 0.477 e. The Labute approximate surface area is 118 Å². The number of halogens is 2. The van der Waals surface area contributed by atoms with E-state index in [1.54, 1.807) is 18.2 Å². The molecular formula is C12H8Cl2N2O3. The lowest BCUT2D eigenvalue weighted by Gasteiger charge is -2.06. The van der Waals surface area contributed by atoms with Gasteiger partial charge in [0, 0.05) is 6.42 Å². The Bertz CT molecular complexity index is 682. The second-order valence-corrected chi connectivity index (χ2v) is 4.86. The van der Waals surface area contributed by atoms with E-state index in [9.17, 15) is 4.79 Å². The van der Waals surface area contributed by atoms with Crippen LogP contribution in [0.2, 0.25) is 10.0 Å². The second kappa shape index (κ2) is 4.43. The van der Waals surface area contributed by atoms with E-state index in [0.717, 1.165) is 0 Å². The predicted octanol–water partition coefficient (Wildman–Crippen LogP) is 2.81. The number of rotatable bonds is 2. The summed E-state index contributed by atoms with van der Waals surface area (Å²) in [5.74, 6) is -0.614. The minimum atomic E-state index is -1.07. The molecule has 1 aromatic heterocycles. The number of aromatic carboxylic acids is 1. The molecule has 0 amide bonds. The van der Waals surface area contributed by atoms with Crippen LogP contribution in [0.5, 0.6) is 5.88 Å². The molecule has 0 aliphatic carbocycles. The molecule has 7 heteroatoms. The molecule has 0 unspecified atom stereocenters. The summed E-state index contributed by atoms with van der Waals surface area (Å²) in [5, 5.41) is 14.0. The first-order chi connectivity index (χ1) is 9.08. The van der Waals surface area contributed by atoms with Gasteiger partial charge in [-0.25, -0.2) is 4.79 Å². The lowest BCUT2D eigenvalue weighted by Crippen LogP contribution is -2.06. The van der Waals surface area contributed by atoms with Crippen LogP contribution in [0.4, 0.5) is 0 Å². The van der Waals surface area contributed by atoms with Gasteiger partial charge in [0.2, 0.25) is 5.88 Å². The van der Waals surface area contributed by atoms with Crippen LogP contribution in [-0.2, 0) is 6.42 Å². The summed E-state index contributed by atoms with van der Waals surface area (Å²) in [5.41, 5.74) is 1.23. The van der Waals surface area contributed by atoms with Gasteiger partial charge in [0.25, 0.3) is 0 Å². The maximum Gasteiger partial charge on any atom is 0.356 e. The molecule has 0 spiro atoms. The molecule has 0 atom stereocenters. The molecule has 0 fully saturated rings. The van der Waals surface area contributed by atoms with Crippen molar-refractivity contribution >= 4 is 29.2 Å². The van der Waals surface area contributed by atoms with Crippen molar-refractivity contribution in [2.24, 2.45) is 0 Å². The zero-order valence-electron chi connectivity index (χ0n) is 9.56. The fraction of sp³-hybridized carbons (Fsp3) is 0.167. The van der Waals surface area contributed by atoms with E-state index in [1.807, 2.05) is 0 Å². The minimum Gasteiger partial charge on any atom is -0.477 e. The van der Waals surface area contributed by atoms with E-state index in [4.69, 9.17) is 33.0 Å². The van der Waals surface area contributed by atoms with Crippen molar-refractivity contribution in [2.45, 2.75) is 6.42 Å². The van der Waals surface area contributed by atoms with Crippen LogP contribution in [0.25, 0.3) is 5.69 Å². The Morgan fingerprint density at radius 1 is 1.37 bits per heavy atom. The number of benzene rings is 1. The van der Waals surface area contributed by atoms with Crippen molar-refractivity contribution in [2.75, 3.05) is 6.61 Å². The highest BCUT2D eigenvalue weighted by molar-refractivity contribution is 6.42. The Morgan fingerprint density at radius 3 is 2.84 bits per heavy atom. The van der Waals surface area contributed by atoms with Crippen LogP contribution in [-0.4, -0.2) is 27.5 Å². The quantitative estimate of drug-likeness (QED) is 0.926. The van der Waals surface area contributed by atoms with Gasteiger partial charge in [-0.3, -0.25) is 0 Å². The smallest absolute Gasteiger partial charge is 0.356 e. The third kappa shape index (κ3) is 1.95. The van der Waals surface area contributed by atoms with Gasteiger partial charge in [0.15, 0.2) is 5.69 Å². The van der Waals surface area contributed by atoms with Gasteiger partial charge in [0.05, 0.1) is 27.9 Å². The molecule has 3 rings (SSSR count). The third-order valence-corrected chi connectivity index (χ3v) is 3.62. The van der Waals surface area contributed by atoms with E-state index in [0.29, 0.717) is 40.2 Å². The molecule has 1 aromatic carbocycles. The van der Waals surface area contributed by atoms with E-state index in [2.05, 4.69) is 5.10 Å². The minimum absolute atomic E-state index is 0.0126. The summed E-state index contributed by atoms with van der Waals surface area (Å²) in [4.78, 5) is 11.1. The normalized spacial score (nSPS) is 13.2. The number of carbonyl (C=O) groups is 1. The van der Waals surface area contributed by atoms with Gasteiger partial charge < -0.3 is 9.84 Å². The molecule has 0 saturated carbocycles. The number of carboxylic acids is 1. The van der Waals surface area contributed by atoms with Crippen LogP contribution in [0.15, 0.2) is 18.2 Å². The van der Waals surface area contributed by atoms with Crippen LogP contribution in [0.1, 0.15) is 16.1 Å². The number of hydrogen-bond acceptors (Lipinski definition) is 3. The molecule has 0 saturated heterocycles. The lowest BCUT2D eigenvalue weighted by atomic mass is 10.2. The molecule has 19 heavy (non-hydrogen) atoms. The van der Waals surface area contributed by atoms with Gasteiger partial charge in [-0.05, 0) is 18.2 Å². The highest BCUT2D eigenvalue weighted by Gasteiger charge is 2.28. The predicted molar refractivity (Wildman–Crippen MR) is 69.7 cm³/mol. The van der Waals surface area contributed by atoms with Crippen LogP contribution >= 0.6 is 23.2 Å². The number of fused-ring (bicyclic) bond motifs is 1. The van der Waals surface area contributed by atoms with Crippen LogP contribution in [0, 0.1) is 0 Å². The summed E-state index contributed by atoms with van der Waals surface area (Å²) in [7, 11) is 0. The summed E-state index contributed by atoms with van der Waals surface area (Å²) in [6.07, 6.45) is 0.540. The molecule has 5 nitrogen and oxygen atoms in total. The molecule has 0 radical (unpaired) electrons. The SMILES string of the molecule is O=C(O)c1nn(-c2ccc(Cl)c(Cl)c2)c2c1CCO2. The molecule has 1 aliphatic rings. The molecule has 1 aliphatic heterocycles. The maximum absolute atomic E-state index is 11.1. The Balaban J connectivity index is 2.18. The standard InChI is InChI=1S/C12H8Cl2N2O3/c13-8-2-1-6(5-9(8)14)16-11-7(3-4-19-11)10(15-16)12(17)18/h1-2,5H,3-4H2,(H,17,18). The second-order valence-electron chi connectivity index (χ2n) is 4.05. The third-order valence-electron chi connectivity index (χ3n) is 2.88. The first kappa shape index (κ1) is 12.3. The zero-order valence-corrected chi connectivity index (χ0v) is 11.1. The average molecular weight is 299 g/mol. The van der Waals surface area contributed by atoms with Crippen molar-refractivity contribution in [1.82, 2.24) is 9.78 Å². The number of carboxylic acid groups (broad SMARTS) is 1. The van der Waals surface area contributed by atoms with Crippen LogP contribution < -0.4 is 4.74 Å². The summed E-state index contributed by atoms with van der Waals surface area (Å²) in [6, 6.07) is 4.95. The fourth-order valence-corrected chi connectivity index (χ4v) is 2.31. The van der Waals surface area contributed by atoms with Gasteiger partial charge >= 0.3 is 5.97 Å². The molecule has 2 aromatic rings. The zero-order chi connectivity index (χ0) is 13.6. The molecule has 0 bridgehead atoms. The van der Waals surface area contributed by atoms with Gasteiger partial charge in [-0.1, -0.05) is 23.2 Å². The summed E-state index contributed by atoms with van der Waals surface area (Å²) >= 11 is 11.8. The molecule has 1 N–H and O–H groups in total. The number of hydrogen-bond donors (Lipinski definition) is 1. The van der Waals surface area contributed by atoms with E-state index in [1.165, 1.54) is 4.68 Å². The van der Waals surface area contributed by atoms with E-state index in [-0.39, 0.29) is 5.69 Å². The van der Waals surface area contributed by atoms with Crippen molar-refractivity contribution in [3.05, 3.63) is 39.5 Å². The van der Waals surface area contributed by atoms with Crippen molar-refractivity contribution in [3.8, 4) is 11.6 Å². The molecule has 2 heterocycles. The molecule has 98 valence electrons. The van der Waals surface area contributed by atoms with E-state index < -0.39 is 5.97 Å². The topological polar surface area (TPSA) is 64.3 Å². The Hall–Kier alpha value is -1.72. The highest BCUT2D eigenvalue weighted by atomic mass is 35.5. The summed E-state index contributed by atoms with van der Waals surface area (Å²) in [6.45, 7) is 0.453. The number of aromatic nitrogens is 2. The monoisotopic (exact) mass is 298 g/mol. The van der Waals surface area contributed by atoms with E-state index >= 15 is 0 Å². The highest BCUT2D eigenvalue weighted by Crippen LogP contribution is 2.33. The first-order valence-corrected chi connectivity index (χ1v) is 6.27. The Kier molecular flexibility index (Phi) is 2.88. The van der Waals surface area contributed by atoms with Crippen LogP contribution in [0.3, 0.4) is 0 Å². The average Bonchev–Trinajstić information content (AvgIpc) is 2.93. The van der Waals surface area contributed by atoms with Crippen molar-refractivity contribution in [3.63, 3.8) is 0 Å². The van der Waals surface area contributed by atoms with Gasteiger partial charge in [-0.2, -0.15) is 9.78 Å². The fourth-order valence-electron chi connectivity index (χ4n) is 2.02. The van der Waals surface area contributed by atoms with Crippen molar-refractivity contribution < 1.29 is 14.6 Å². The van der Waals surface area contributed by atoms with Gasteiger partial charge in [-0.15, -0.1) is 0 Å². The lowest BCUT2D eigenvalue weighted by molar-refractivity contribution is 0.0689. The number of nitrogens with zero attached hydrogens (tertiary/aromatic N) is 2. The maximum atomic E-state index is 11.1. The Morgan fingerprint density at radius 2 is 2.16 bits per heavy atom. The van der Waals surface area contributed by atoms with Gasteiger partial charge in [0.1, 0.15) is 0 Å². The number of ether oxygens (including phenoxy) is 1. The molecular weight excluding hydrogens is 291 g/mol. The summed E-state index contributed by atoms with van der Waals surface area (Å²) < 4.78 is 6.88.